The lowest BCUT2D eigenvalue weighted by molar-refractivity contribution is -0.135. The standard InChI is InChI=1S/C19H25FN4O/c1-4-12(2)17(21-3)19(25)24-10-9-16-14(11-24)18(23-22-16)13-7-5-6-8-15(13)20/h5-8,12,17,21H,4,9-11H2,1-3H3,(H,22,23)/t12-,17-/m0/s1. The zero-order valence-corrected chi connectivity index (χ0v) is 15.0. The first kappa shape index (κ1) is 17.6. The molecule has 2 N–H and O–H groups in total. The van der Waals surface area contributed by atoms with Crippen LogP contribution in [0.15, 0.2) is 24.3 Å². The second-order valence-electron chi connectivity index (χ2n) is 6.67. The summed E-state index contributed by atoms with van der Waals surface area (Å²) in [4.78, 5) is 14.8. The van der Waals surface area contributed by atoms with Crippen LogP contribution in [0.1, 0.15) is 31.5 Å². The third-order valence-electron chi connectivity index (χ3n) is 5.16. The first-order valence-electron chi connectivity index (χ1n) is 8.83. The zero-order valence-electron chi connectivity index (χ0n) is 15.0. The first-order valence-corrected chi connectivity index (χ1v) is 8.83. The van der Waals surface area contributed by atoms with Crippen LogP contribution in [0.3, 0.4) is 0 Å². The van der Waals surface area contributed by atoms with Gasteiger partial charge in [0.15, 0.2) is 0 Å². The van der Waals surface area contributed by atoms with Gasteiger partial charge in [0.2, 0.25) is 5.91 Å². The normalized spacial score (nSPS) is 16.4. The monoisotopic (exact) mass is 344 g/mol. The Morgan fingerprint density at radius 3 is 2.88 bits per heavy atom. The lowest BCUT2D eigenvalue weighted by Gasteiger charge is -2.32. The molecule has 5 nitrogen and oxygen atoms in total. The second-order valence-corrected chi connectivity index (χ2v) is 6.67. The molecule has 1 aliphatic rings. The van der Waals surface area contributed by atoms with Crippen molar-refractivity contribution in [2.24, 2.45) is 5.92 Å². The molecule has 1 amide bonds. The van der Waals surface area contributed by atoms with Crippen LogP contribution in [0.25, 0.3) is 11.3 Å². The highest BCUT2D eigenvalue weighted by atomic mass is 19.1. The van der Waals surface area contributed by atoms with Gasteiger partial charge in [0.25, 0.3) is 0 Å². The summed E-state index contributed by atoms with van der Waals surface area (Å²) in [6.07, 6.45) is 1.64. The van der Waals surface area contributed by atoms with Crippen LogP contribution in [0, 0.1) is 11.7 Å². The van der Waals surface area contributed by atoms with Crippen LogP contribution in [-0.4, -0.2) is 40.6 Å². The molecule has 2 heterocycles. The van der Waals surface area contributed by atoms with Crippen molar-refractivity contribution >= 4 is 5.91 Å². The summed E-state index contributed by atoms with van der Waals surface area (Å²) in [5, 5.41) is 10.5. The van der Waals surface area contributed by atoms with Crippen molar-refractivity contribution < 1.29 is 9.18 Å². The maximum atomic E-state index is 14.2. The highest BCUT2D eigenvalue weighted by Crippen LogP contribution is 2.30. The predicted octanol–water partition coefficient (Wildman–Crippen LogP) is 2.73. The van der Waals surface area contributed by atoms with Crippen molar-refractivity contribution in [2.45, 2.75) is 39.3 Å². The van der Waals surface area contributed by atoms with Crippen molar-refractivity contribution in [3.63, 3.8) is 0 Å². The number of fused-ring (bicyclic) bond motifs is 1. The molecule has 0 spiro atoms. The number of H-pyrrole nitrogens is 1. The molecule has 0 aliphatic carbocycles. The van der Waals surface area contributed by atoms with Gasteiger partial charge in [-0.25, -0.2) is 4.39 Å². The quantitative estimate of drug-likeness (QED) is 0.877. The van der Waals surface area contributed by atoms with E-state index < -0.39 is 0 Å². The number of amides is 1. The van der Waals surface area contributed by atoms with Gasteiger partial charge in [0, 0.05) is 36.3 Å². The number of rotatable bonds is 5. The van der Waals surface area contributed by atoms with E-state index in [1.807, 2.05) is 11.9 Å². The minimum atomic E-state index is -0.298. The average Bonchev–Trinajstić information content (AvgIpc) is 3.05. The molecular formula is C19H25FN4O. The molecule has 3 rings (SSSR count). The van der Waals surface area contributed by atoms with Gasteiger partial charge in [-0.1, -0.05) is 32.4 Å². The van der Waals surface area contributed by atoms with Crippen LogP contribution >= 0.6 is 0 Å². The molecule has 0 saturated carbocycles. The number of hydrogen-bond acceptors (Lipinski definition) is 3. The number of nitrogens with zero attached hydrogens (tertiary/aromatic N) is 2. The summed E-state index contributed by atoms with van der Waals surface area (Å²) in [6, 6.07) is 6.42. The highest BCUT2D eigenvalue weighted by Gasteiger charge is 2.31. The fourth-order valence-electron chi connectivity index (χ4n) is 3.44. The van der Waals surface area contributed by atoms with E-state index in [2.05, 4.69) is 29.4 Å². The van der Waals surface area contributed by atoms with Gasteiger partial charge in [-0.15, -0.1) is 0 Å². The molecule has 25 heavy (non-hydrogen) atoms. The molecule has 2 aromatic rings. The van der Waals surface area contributed by atoms with Crippen LogP contribution in [0.2, 0.25) is 0 Å². The average molecular weight is 344 g/mol. The number of carbonyl (C=O) groups excluding carboxylic acids is 1. The van der Waals surface area contributed by atoms with E-state index in [-0.39, 0.29) is 23.7 Å². The lowest BCUT2D eigenvalue weighted by Crippen LogP contribution is -2.49. The van der Waals surface area contributed by atoms with E-state index in [4.69, 9.17) is 0 Å². The van der Waals surface area contributed by atoms with Gasteiger partial charge >= 0.3 is 0 Å². The fraction of sp³-hybridized carbons (Fsp3) is 0.474. The first-order chi connectivity index (χ1) is 12.1. The lowest BCUT2D eigenvalue weighted by atomic mass is 9.95. The maximum absolute atomic E-state index is 14.2. The van der Waals surface area contributed by atoms with Gasteiger partial charge < -0.3 is 10.2 Å². The minimum Gasteiger partial charge on any atom is -0.336 e. The molecule has 134 valence electrons. The Morgan fingerprint density at radius 2 is 2.20 bits per heavy atom. The Labute approximate surface area is 147 Å². The van der Waals surface area contributed by atoms with Gasteiger partial charge in [-0.05, 0) is 25.1 Å². The SMILES string of the molecule is CC[C@H](C)[C@H](NC)C(=O)N1CCc2[nH]nc(-c3ccccc3F)c2C1. The van der Waals surface area contributed by atoms with Crippen molar-refractivity contribution in [3.05, 3.63) is 41.3 Å². The van der Waals surface area contributed by atoms with E-state index >= 15 is 0 Å². The molecule has 1 aromatic heterocycles. The number of hydrogen-bond donors (Lipinski definition) is 2. The Hall–Kier alpha value is -2.21. The van der Waals surface area contributed by atoms with Crippen molar-refractivity contribution in [1.82, 2.24) is 20.4 Å². The number of aromatic nitrogens is 2. The number of carbonyl (C=O) groups is 1. The molecule has 0 saturated heterocycles. The molecule has 0 radical (unpaired) electrons. The molecule has 0 bridgehead atoms. The maximum Gasteiger partial charge on any atom is 0.240 e. The van der Waals surface area contributed by atoms with E-state index in [1.165, 1.54) is 6.07 Å². The van der Waals surface area contributed by atoms with Crippen LogP contribution in [-0.2, 0) is 17.8 Å². The number of halogens is 1. The minimum absolute atomic E-state index is 0.100. The van der Waals surface area contributed by atoms with Crippen LogP contribution in [0.5, 0.6) is 0 Å². The van der Waals surface area contributed by atoms with E-state index in [0.717, 1.165) is 17.7 Å². The topological polar surface area (TPSA) is 61.0 Å². The third-order valence-corrected chi connectivity index (χ3v) is 5.16. The van der Waals surface area contributed by atoms with E-state index in [0.29, 0.717) is 30.8 Å². The Bertz CT molecular complexity index is 758. The third kappa shape index (κ3) is 3.31. The molecular weight excluding hydrogens is 319 g/mol. The molecule has 6 heteroatoms. The van der Waals surface area contributed by atoms with E-state index in [1.54, 1.807) is 18.2 Å². The molecule has 0 fully saturated rings. The summed E-state index contributed by atoms with van der Waals surface area (Å²) in [7, 11) is 1.83. The van der Waals surface area contributed by atoms with Crippen molar-refractivity contribution in [3.8, 4) is 11.3 Å². The number of benzene rings is 1. The summed E-state index contributed by atoms with van der Waals surface area (Å²) >= 11 is 0. The smallest absolute Gasteiger partial charge is 0.240 e. The summed E-state index contributed by atoms with van der Waals surface area (Å²) < 4.78 is 14.2. The number of likely N-dealkylation sites (N-methyl/N-ethyl adjacent to an activating group) is 1. The van der Waals surface area contributed by atoms with Gasteiger partial charge in [-0.2, -0.15) is 5.10 Å². The molecule has 2 atom stereocenters. The molecule has 1 aliphatic heterocycles. The largest absolute Gasteiger partial charge is 0.336 e. The fourth-order valence-corrected chi connectivity index (χ4v) is 3.44. The van der Waals surface area contributed by atoms with Gasteiger partial charge in [0.05, 0.1) is 6.04 Å². The molecule has 1 aromatic carbocycles. The number of aromatic amines is 1. The molecule has 0 unspecified atom stereocenters. The Balaban J connectivity index is 1.87. The Kier molecular flexibility index (Phi) is 5.18. The predicted molar refractivity (Wildman–Crippen MR) is 95.4 cm³/mol. The van der Waals surface area contributed by atoms with Crippen molar-refractivity contribution in [1.29, 1.82) is 0 Å². The summed E-state index contributed by atoms with van der Waals surface area (Å²) in [6.45, 7) is 5.28. The van der Waals surface area contributed by atoms with Gasteiger partial charge in [-0.3, -0.25) is 9.89 Å². The summed E-state index contributed by atoms with van der Waals surface area (Å²) in [5.74, 6) is 0.0606. The zero-order chi connectivity index (χ0) is 18.0. The number of nitrogens with one attached hydrogen (secondary N) is 2. The van der Waals surface area contributed by atoms with Gasteiger partial charge in [0.1, 0.15) is 11.5 Å². The highest BCUT2D eigenvalue weighted by molar-refractivity contribution is 5.83. The van der Waals surface area contributed by atoms with Crippen molar-refractivity contribution in [2.75, 3.05) is 13.6 Å². The Morgan fingerprint density at radius 1 is 1.44 bits per heavy atom. The summed E-state index contributed by atoms with van der Waals surface area (Å²) in [5.41, 5.74) is 2.99. The van der Waals surface area contributed by atoms with Crippen LogP contribution in [0.4, 0.5) is 4.39 Å². The van der Waals surface area contributed by atoms with E-state index in [9.17, 15) is 9.18 Å². The van der Waals surface area contributed by atoms with Crippen LogP contribution < -0.4 is 5.32 Å². The second kappa shape index (κ2) is 7.35.